The molecule has 0 saturated carbocycles. The second-order valence-corrected chi connectivity index (χ2v) is 4.84. The first-order valence-corrected chi connectivity index (χ1v) is 6.14. The van der Waals surface area contributed by atoms with Gasteiger partial charge in [0.25, 0.3) is 5.69 Å². The van der Waals surface area contributed by atoms with Crippen molar-refractivity contribution in [2.45, 2.75) is 4.90 Å². The minimum Gasteiger partial charge on any atom is -0.380 e. The molecule has 0 saturated heterocycles. The molecule has 4 N–H and O–H groups in total. The number of hydrogen-bond donors (Lipinski definition) is 4. The second-order valence-electron chi connectivity index (χ2n) is 3.08. The molecule has 18 heavy (non-hydrogen) atoms. The average molecular weight is 277 g/mol. The molecule has 0 bridgehead atoms. The van der Waals surface area contributed by atoms with Gasteiger partial charge in [-0.25, -0.2) is 8.42 Å². The van der Waals surface area contributed by atoms with E-state index in [1.165, 1.54) is 0 Å². The van der Waals surface area contributed by atoms with Crippen LogP contribution in [0.25, 0.3) is 0 Å². The Bertz CT molecular complexity index is 544. The Morgan fingerprint density at radius 2 is 1.94 bits per heavy atom. The van der Waals surface area contributed by atoms with Gasteiger partial charge >= 0.3 is 0 Å². The fourth-order valence-electron chi connectivity index (χ4n) is 1.23. The summed E-state index contributed by atoms with van der Waals surface area (Å²) in [5.74, 6) is 0. The van der Waals surface area contributed by atoms with Crippen LogP contribution in [-0.2, 0) is 10.0 Å². The van der Waals surface area contributed by atoms with Crippen molar-refractivity contribution < 1.29 is 23.6 Å². The Morgan fingerprint density at radius 3 is 2.44 bits per heavy atom. The molecule has 1 aromatic carbocycles. The number of nitro groups is 1. The molecule has 0 heterocycles. The van der Waals surface area contributed by atoms with Crippen LogP contribution < -0.4 is 10.0 Å². The molecular weight excluding hydrogens is 266 g/mol. The minimum atomic E-state index is -3.99. The highest BCUT2D eigenvalue weighted by Crippen LogP contribution is 2.27. The number of nitro benzene ring substituents is 1. The summed E-state index contributed by atoms with van der Waals surface area (Å²) in [6, 6.07) is 3.10. The van der Waals surface area contributed by atoms with Gasteiger partial charge in [-0.3, -0.25) is 10.1 Å². The number of rotatable bonds is 6. The Hall–Kier alpha value is -1.75. The molecule has 0 aliphatic heterocycles. The lowest BCUT2D eigenvalue weighted by atomic mass is 10.3. The van der Waals surface area contributed by atoms with Crippen molar-refractivity contribution in [2.75, 3.05) is 18.8 Å². The Labute approximate surface area is 102 Å². The van der Waals surface area contributed by atoms with E-state index in [1.54, 1.807) is 4.72 Å². The first-order valence-electron chi connectivity index (χ1n) is 4.66. The predicted molar refractivity (Wildman–Crippen MR) is 61.2 cm³/mol. The van der Waals surface area contributed by atoms with E-state index in [4.69, 9.17) is 10.2 Å². The van der Waals surface area contributed by atoms with E-state index >= 15 is 0 Å². The van der Waals surface area contributed by atoms with Crippen molar-refractivity contribution in [2.24, 2.45) is 0 Å². The van der Waals surface area contributed by atoms with Gasteiger partial charge in [-0.05, 0) is 12.1 Å². The number of anilines is 1. The van der Waals surface area contributed by atoms with Gasteiger partial charge in [0.15, 0.2) is 0 Å². The van der Waals surface area contributed by atoms with E-state index in [9.17, 15) is 18.5 Å². The number of hydrogen-bond acceptors (Lipinski definition) is 7. The van der Waals surface area contributed by atoms with Gasteiger partial charge in [0, 0.05) is 6.07 Å². The van der Waals surface area contributed by atoms with Gasteiger partial charge in [-0.15, -0.1) is 0 Å². The predicted octanol–water partition coefficient (Wildman–Crippen LogP) is -0.815. The maximum absolute atomic E-state index is 11.5. The van der Waals surface area contributed by atoms with E-state index in [-0.39, 0.29) is 10.6 Å². The standard InChI is InChI=1S/C8H11N3O6S/c12-4-9-7-2-1-6(3-8(7)11(14)15)18(16,17)10-5-13/h1-3,9-10,12-13H,4-5H2. The molecule has 0 spiro atoms. The smallest absolute Gasteiger partial charge is 0.293 e. The number of aliphatic hydroxyl groups excluding tert-OH is 2. The molecule has 100 valence electrons. The first kappa shape index (κ1) is 14.3. The third kappa shape index (κ3) is 3.13. The molecule has 0 amide bonds. The molecule has 0 atom stereocenters. The maximum atomic E-state index is 11.5. The Kier molecular flexibility index (Phi) is 4.55. The second kappa shape index (κ2) is 5.73. The molecule has 0 aromatic heterocycles. The largest absolute Gasteiger partial charge is 0.380 e. The van der Waals surface area contributed by atoms with Crippen LogP contribution in [0.3, 0.4) is 0 Å². The first-order chi connectivity index (χ1) is 8.42. The Balaban J connectivity index is 3.27. The normalized spacial score (nSPS) is 11.2. The summed E-state index contributed by atoms with van der Waals surface area (Å²) >= 11 is 0. The number of benzene rings is 1. The van der Waals surface area contributed by atoms with Gasteiger partial charge in [0.05, 0.1) is 9.82 Å². The van der Waals surface area contributed by atoms with Crippen LogP contribution in [0.2, 0.25) is 0 Å². The van der Waals surface area contributed by atoms with Crippen molar-refractivity contribution in [1.29, 1.82) is 0 Å². The monoisotopic (exact) mass is 277 g/mol. The van der Waals surface area contributed by atoms with Crippen molar-refractivity contribution in [3.63, 3.8) is 0 Å². The summed E-state index contributed by atoms with van der Waals surface area (Å²) in [5.41, 5.74) is -0.504. The van der Waals surface area contributed by atoms with Crippen LogP contribution in [-0.4, -0.2) is 37.0 Å². The molecule has 1 aromatic rings. The van der Waals surface area contributed by atoms with Crippen molar-refractivity contribution in [1.82, 2.24) is 4.72 Å². The highest BCUT2D eigenvalue weighted by Gasteiger charge is 2.20. The summed E-state index contributed by atoms with van der Waals surface area (Å²) in [6.07, 6.45) is 0. The number of aliphatic hydroxyl groups is 2. The van der Waals surface area contributed by atoms with Crippen LogP contribution in [0, 0.1) is 10.1 Å². The average Bonchev–Trinajstić information content (AvgIpc) is 2.29. The summed E-state index contributed by atoms with van der Waals surface area (Å²) < 4.78 is 24.8. The van der Waals surface area contributed by atoms with E-state index in [2.05, 4.69) is 5.32 Å². The molecule has 0 fully saturated rings. The van der Waals surface area contributed by atoms with Crippen LogP contribution in [0.5, 0.6) is 0 Å². The van der Waals surface area contributed by atoms with Crippen LogP contribution >= 0.6 is 0 Å². The molecule has 9 nitrogen and oxygen atoms in total. The highest BCUT2D eigenvalue weighted by atomic mass is 32.2. The zero-order valence-electron chi connectivity index (χ0n) is 9.03. The lowest BCUT2D eigenvalue weighted by Gasteiger charge is -2.07. The molecule has 0 unspecified atom stereocenters. The quantitative estimate of drug-likeness (QED) is 0.302. The number of nitrogens with one attached hydrogen (secondary N) is 2. The molecule has 0 aliphatic carbocycles. The zero-order valence-corrected chi connectivity index (χ0v) is 9.85. The number of nitrogens with zero attached hydrogens (tertiary/aromatic N) is 1. The number of sulfonamides is 1. The minimum absolute atomic E-state index is 0.00884. The van der Waals surface area contributed by atoms with Gasteiger partial charge in [0.2, 0.25) is 10.0 Å². The van der Waals surface area contributed by atoms with E-state index in [0.717, 1.165) is 18.2 Å². The molecular formula is C8H11N3O6S. The molecule has 1 rings (SSSR count). The van der Waals surface area contributed by atoms with E-state index < -0.39 is 34.1 Å². The third-order valence-corrected chi connectivity index (χ3v) is 3.38. The highest BCUT2D eigenvalue weighted by molar-refractivity contribution is 7.89. The van der Waals surface area contributed by atoms with E-state index in [1.807, 2.05) is 0 Å². The molecule has 0 aliphatic rings. The fourth-order valence-corrected chi connectivity index (χ4v) is 2.08. The van der Waals surface area contributed by atoms with Gasteiger partial charge < -0.3 is 15.5 Å². The summed E-state index contributed by atoms with van der Waals surface area (Å²) in [5, 5.41) is 30.2. The van der Waals surface area contributed by atoms with Gasteiger partial charge in [-0.1, -0.05) is 0 Å². The van der Waals surface area contributed by atoms with Gasteiger partial charge in [-0.2, -0.15) is 4.72 Å². The SMILES string of the molecule is O=[N+]([O-])c1cc(S(=O)(=O)NCO)ccc1NCO. The van der Waals surface area contributed by atoms with Crippen molar-refractivity contribution in [3.8, 4) is 0 Å². The summed E-state index contributed by atoms with van der Waals surface area (Å²) in [4.78, 5) is 9.62. The fraction of sp³-hybridized carbons (Fsp3) is 0.250. The van der Waals surface area contributed by atoms with E-state index in [0.29, 0.717) is 0 Å². The Morgan fingerprint density at radius 1 is 1.28 bits per heavy atom. The van der Waals surface area contributed by atoms with Crippen molar-refractivity contribution in [3.05, 3.63) is 28.3 Å². The van der Waals surface area contributed by atoms with Gasteiger partial charge in [0.1, 0.15) is 19.1 Å². The molecule has 0 radical (unpaired) electrons. The zero-order chi connectivity index (χ0) is 13.8. The van der Waals surface area contributed by atoms with Crippen molar-refractivity contribution >= 4 is 21.4 Å². The van der Waals surface area contributed by atoms with Crippen LogP contribution in [0.15, 0.2) is 23.1 Å². The summed E-state index contributed by atoms with van der Waals surface area (Å²) in [6.45, 7) is -1.34. The lowest BCUT2D eigenvalue weighted by Crippen LogP contribution is -2.24. The van der Waals surface area contributed by atoms with Crippen LogP contribution in [0.1, 0.15) is 0 Å². The maximum Gasteiger partial charge on any atom is 0.293 e. The lowest BCUT2D eigenvalue weighted by molar-refractivity contribution is -0.384. The van der Waals surface area contributed by atoms with Crippen LogP contribution in [0.4, 0.5) is 11.4 Å². The molecule has 10 heteroatoms. The summed E-state index contributed by atoms with van der Waals surface area (Å²) in [7, 11) is -3.99. The third-order valence-electron chi connectivity index (χ3n) is 2.00. The topological polar surface area (TPSA) is 142 Å².